The van der Waals surface area contributed by atoms with Crippen molar-refractivity contribution in [3.8, 4) is 11.3 Å². The van der Waals surface area contributed by atoms with Gasteiger partial charge < -0.3 is 16.6 Å². The molecule has 3 aromatic rings. The molecule has 5 N–H and O–H groups in total. The van der Waals surface area contributed by atoms with Crippen LogP contribution in [-0.2, 0) is 4.79 Å². The summed E-state index contributed by atoms with van der Waals surface area (Å²) in [5.74, 6) is -0.687. The third-order valence-corrected chi connectivity index (χ3v) is 5.18. The smallest absolute Gasteiger partial charge is 0.306 e. The van der Waals surface area contributed by atoms with Gasteiger partial charge in [0.1, 0.15) is 23.4 Å². The highest BCUT2D eigenvalue weighted by Gasteiger charge is 2.29. The zero-order chi connectivity index (χ0) is 19.8. The number of hydrogen-bond acceptors (Lipinski definition) is 8. The number of carboxylic acid groups (broad SMARTS) is 1. The number of nitrogens with zero attached hydrogens (tertiary/aromatic N) is 5. The summed E-state index contributed by atoms with van der Waals surface area (Å²) in [4.78, 5) is 41.2. The van der Waals surface area contributed by atoms with E-state index >= 15 is 0 Å². The van der Waals surface area contributed by atoms with Crippen LogP contribution >= 0.6 is 0 Å². The number of aliphatic carboxylic acids is 1. The molecule has 0 aliphatic heterocycles. The zero-order valence-corrected chi connectivity index (χ0v) is 14.9. The minimum atomic E-state index is -0.800. The maximum atomic E-state index is 13.3. The lowest BCUT2D eigenvalue weighted by Crippen LogP contribution is -2.32. The zero-order valence-electron chi connectivity index (χ0n) is 14.9. The number of carboxylic acids is 1. The highest BCUT2D eigenvalue weighted by Crippen LogP contribution is 2.33. The topological polar surface area (TPSA) is 163 Å². The molecule has 4 rings (SSSR count). The molecule has 10 nitrogen and oxygen atoms in total. The predicted octanol–water partition coefficient (Wildman–Crippen LogP) is 1.23. The van der Waals surface area contributed by atoms with E-state index in [1.54, 1.807) is 16.7 Å². The molecule has 3 heterocycles. The Bertz CT molecular complexity index is 1100. The van der Waals surface area contributed by atoms with Gasteiger partial charge in [-0.25, -0.2) is 19.9 Å². The Morgan fingerprint density at radius 2 is 1.86 bits per heavy atom. The van der Waals surface area contributed by atoms with Gasteiger partial charge in [-0.05, 0) is 37.8 Å². The van der Waals surface area contributed by atoms with Crippen molar-refractivity contribution in [2.75, 3.05) is 11.5 Å². The Morgan fingerprint density at radius 3 is 2.50 bits per heavy atom. The fourth-order valence-corrected chi connectivity index (χ4v) is 3.69. The Morgan fingerprint density at radius 1 is 1.11 bits per heavy atom. The van der Waals surface area contributed by atoms with Crippen LogP contribution in [0, 0.1) is 5.92 Å². The normalized spacial score (nSPS) is 19.6. The van der Waals surface area contributed by atoms with Gasteiger partial charge in [-0.1, -0.05) is 0 Å². The highest BCUT2D eigenvalue weighted by molar-refractivity contribution is 5.83. The van der Waals surface area contributed by atoms with E-state index < -0.39 is 5.97 Å². The Balaban J connectivity index is 1.88. The first-order chi connectivity index (χ1) is 13.5. The molecule has 1 aliphatic rings. The molecule has 144 valence electrons. The first-order valence-corrected chi connectivity index (χ1v) is 8.93. The predicted molar refractivity (Wildman–Crippen MR) is 102 cm³/mol. The third kappa shape index (κ3) is 3.02. The molecule has 10 heteroatoms. The largest absolute Gasteiger partial charge is 0.481 e. The van der Waals surface area contributed by atoms with E-state index in [9.17, 15) is 14.7 Å². The van der Waals surface area contributed by atoms with E-state index in [0.717, 1.165) is 0 Å². The number of fused-ring (bicyclic) bond motifs is 1. The quantitative estimate of drug-likeness (QED) is 0.605. The van der Waals surface area contributed by atoms with Crippen LogP contribution in [0.25, 0.3) is 22.4 Å². The van der Waals surface area contributed by atoms with Gasteiger partial charge in [-0.2, -0.15) is 0 Å². The number of nitrogen functional groups attached to an aromatic ring is 2. The van der Waals surface area contributed by atoms with Crippen molar-refractivity contribution in [3.05, 3.63) is 35.0 Å². The van der Waals surface area contributed by atoms with Crippen molar-refractivity contribution in [1.82, 2.24) is 24.5 Å². The lowest BCUT2D eigenvalue weighted by Gasteiger charge is -2.28. The van der Waals surface area contributed by atoms with E-state index in [1.165, 1.54) is 12.5 Å². The SMILES string of the molecule is Nc1ccc(-c2nc3c(N)ncnc3n(C3CCC(C(=O)O)CC3)c2=O)cn1. The van der Waals surface area contributed by atoms with E-state index in [2.05, 4.69) is 19.9 Å². The molecular formula is C18H19N7O3. The Hall–Kier alpha value is -3.56. The molecule has 1 saturated carbocycles. The fourth-order valence-electron chi connectivity index (χ4n) is 3.69. The van der Waals surface area contributed by atoms with Crippen molar-refractivity contribution < 1.29 is 9.90 Å². The molecular weight excluding hydrogens is 362 g/mol. The van der Waals surface area contributed by atoms with E-state index in [-0.39, 0.29) is 29.0 Å². The lowest BCUT2D eigenvalue weighted by atomic mass is 9.86. The Labute approximate surface area is 159 Å². The van der Waals surface area contributed by atoms with Gasteiger partial charge in [-0.15, -0.1) is 0 Å². The van der Waals surface area contributed by atoms with Gasteiger partial charge in [0, 0.05) is 17.8 Å². The molecule has 0 saturated heterocycles. The maximum Gasteiger partial charge on any atom is 0.306 e. The lowest BCUT2D eigenvalue weighted by molar-refractivity contribution is -0.143. The summed E-state index contributed by atoms with van der Waals surface area (Å²) in [5, 5.41) is 9.24. The molecule has 0 spiro atoms. The summed E-state index contributed by atoms with van der Waals surface area (Å²) in [6.45, 7) is 0. The minimum absolute atomic E-state index is 0.169. The van der Waals surface area contributed by atoms with Gasteiger partial charge in [-0.3, -0.25) is 14.2 Å². The number of aromatic nitrogens is 5. The Kier molecular flexibility index (Phi) is 4.38. The molecule has 0 bridgehead atoms. The first kappa shape index (κ1) is 17.8. The molecule has 1 fully saturated rings. The van der Waals surface area contributed by atoms with Crippen LogP contribution in [-0.4, -0.2) is 35.6 Å². The summed E-state index contributed by atoms with van der Waals surface area (Å²) in [7, 11) is 0. The maximum absolute atomic E-state index is 13.3. The van der Waals surface area contributed by atoms with Crippen LogP contribution in [0.2, 0.25) is 0 Å². The summed E-state index contributed by atoms with van der Waals surface area (Å²) < 4.78 is 1.57. The van der Waals surface area contributed by atoms with Crippen LogP contribution in [0.4, 0.5) is 11.6 Å². The number of anilines is 2. The molecule has 0 radical (unpaired) electrons. The van der Waals surface area contributed by atoms with Gasteiger partial charge in [0.2, 0.25) is 0 Å². The number of nitrogens with two attached hydrogens (primary N) is 2. The third-order valence-electron chi connectivity index (χ3n) is 5.18. The molecule has 0 aromatic carbocycles. The second-order valence-electron chi connectivity index (χ2n) is 6.88. The summed E-state index contributed by atoms with van der Waals surface area (Å²) in [6.07, 6.45) is 4.88. The number of carbonyl (C=O) groups is 1. The highest BCUT2D eigenvalue weighted by atomic mass is 16.4. The average molecular weight is 381 g/mol. The van der Waals surface area contributed by atoms with Crippen LogP contribution in [0.1, 0.15) is 31.7 Å². The number of rotatable bonds is 3. The van der Waals surface area contributed by atoms with Crippen LogP contribution in [0.3, 0.4) is 0 Å². The van der Waals surface area contributed by atoms with Gasteiger partial charge in [0.05, 0.1) is 5.92 Å². The van der Waals surface area contributed by atoms with Crippen LogP contribution in [0.5, 0.6) is 0 Å². The molecule has 0 amide bonds. The minimum Gasteiger partial charge on any atom is -0.481 e. The molecule has 0 unspecified atom stereocenters. The van der Waals surface area contributed by atoms with E-state index in [0.29, 0.717) is 48.2 Å². The van der Waals surface area contributed by atoms with Gasteiger partial charge >= 0.3 is 5.97 Å². The number of pyridine rings is 1. The van der Waals surface area contributed by atoms with Crippen molar-refractivity contribution in [2.24, 2.45) is 5.92 Å². The molecule has 1 aliphatic carbocycles. The van der Waals surface area contributed by atoms with E-state index in [4.69, 9.17) is 11.5 Å². The molecule has 0 atom stereocenters. The molecule has 3 aromatic heterocycles. The van der Waals surface area contributed by atoms with Crippen LogP contribution in [0.15, 0.2) is 29.5 Å². The average Bonchev–Trinajstić information content (AvgIpc) is 2.69. The van der Waals surface area contributed by atoms with E-state index in [1.807, 2.05) is 0 Å². The van der Waals surface area contributed by atoms with Crippen molar-refractivity contribution in [1.29, 1.82) is 0 Å². The van der Waals surface area contributed by atoms with Crippen LogP contribution < -0.4 is 17.0 Å². The summed E-state index contributed by atoms with van der Waals surface area (Å²) >= 11 is 0. The van der Waals surface area contributed by atoms with Crippen molar-refractivity contribution in [2.45, 2.75) is 31.7 Å². The standard InChI is InChI=1S/C18H19N7O3/c19-12-6-3-10(7-21-12)13-17(26)25(11-4-1-9(2-5-11)18(27)28)16-14(24-13)15(20)22-8-23-16/h3,6-9,11H,1-2,4-5H2,(H2,19,21)(H,27,28)(H2,20,22,23). The fraction of sp³-hybridized carbons (Fsp3) is 0.333. The van der Waals surface area contributed by atoms with Crippen molar-refractivity contribution in [3.63, 3.8) is 0 Å². The second-order valence-corrected chi connectivity index (χ2v) is 6.88. The number of hydrogen-bond donors (Lipinski definition) is 3. The summed E-state index contributed by atoms with van der Waals surface area (Å²) in [5.41, 5.74) is 12.7. The summed E-state index contributed by atoms with van der Waals surface area (Å²) in [6, 6.07) is 3.07. The second kappa shape index (κ2) is 6.87. The first-order valence-electron chi connectivity index (χ1n) is 8.93. The monoisotopic (exact) mass is 381 g/mol. The van der Waals surface area contributed by atoms with Crippen molar-refractivity contribution >= 4 is 28.8 Å². The van der Waals surface area contributed by atoms with Gasteiger partial charge in [0.15, 0.2) is 11.5 Å². The van der Waals surface area contributed by atoms with Gasteiger partial charge in [0.25, 0.3) is 5.56 Å². The molecule has 28 heavy (non-hydrogen) atoms.